The van der Waals surface area contributed by atoms with Crippen molar-refractivity contribution in [3.63, 3.8) is 0 Å². The van der Waals surface area contributed by atoms with E-state index in [2.05, 4.69) is 19.9 Å². The number of aliphatic imine (C=N–C) groups is 1. The van der Waals surface area contributed by atoms with Crippen molar-refractivity contribution in [2.75, 3.05) is 13.7 Å². The minimum absolute atomic E-state index is 0.0485. The van der Waals surface area contributed by atoms with Crippen LogP contribution in [-0.2, 0) is 30.9 Å². The molecule has 0 spiro atoms. The van der Waals surface area contributed by atoms with Crippen LogP contribution in [0.25, 0.3) is 27.9 Å². The van der Waals surface area contributed by atoms with Crippen molar-refractivity contribution >= 4 is 28.8 Å². The summed E-state index contributed by atoms with van der Waals surface area (Å²) < 4.78 is 58.9. The summed E-state index contributed by atoms with van der Waals surface area (Å²) in [6.07, 6.45) is 6.24. The number of rotatable bonds is 14. The van der Waals surface area contributed by atoms with E-state index in [9.17, 15) is 9.90 Å². The van der Waals surface area contributed by atoms with Crippen LogP contribution in [-0.4, -0.2) is 50.5 Å². The van der Waals surface area contributed by atoms with E-state index in [0.29, 0.717) is 47.7 Å². The molecule has 0 amide bonds. The number of allylic oxidation sites excluding steroid dienone is 1. The molecule has 3 heterocycles. The lowest BCUT2D eigenvalue weighted by Crippen LogP contribution is -2.10. The van der Waals surface area contributed by atoms with Crippen LogP contribution in [0, 0.1) is 17.5 Å². The summed E-state index contributed by atoms with van der Waals surface area (Å²) in [5, 5.41) is 9.45. The number of hydrogen-bond acceptors (Lipinski definition) is 8. The molecule has 0 saturated carbocycles. The number of nitrogens with two attached hydrogens (primary N) is 1. The number of imidazole rings is 1. The molecule has 6 rings (SSSR count). The Morgan fingerprint density at radius 2 is 1.77 bits per heavy atom. The lowest BCUT2D eigenvalue weighted by atomic mass is 10.0. The molecule has 3 N–H and O–H groups in total. The first-order valence-electron chi connectivity index (χ1n) is 16.1. The maximum absolute atomic E-state index is 15.6. The zero-order valence-corrected chi connectivity index (χ0v) is 28.0. The molecule has 0 radical (unpaired) electrons. The van der Waals surface area contributed by atoms with Gasteiger partial charge in [0, 0.05) is 67.6 Å². The zero-order valence-electron chi connectivity index (χ0n) is 28.0. The molecule has 10 nitrogen and oxygen atoms in total. The van der Waals surface area contributed by atoms with E-state index in [1.54, 1.807) is 47.4 Å². The molecule has 0 bridgehead atoms. The smallest absolute Gasteiger partial charge is 0.335 e. The first-order chi connectivity index (χ1) is 25.2. The number of aromatic nitrogens is 4. The summed E-state index contributed by atoms with van der Waals surface area (Å²) in [6.45, 7) is 0.840. The standard InChI is InChI=1S/C39H33F3N6O4/c1-51-13-12-48-36-16-26(39(49)50)9-10-35(36)46-37(48)17-28-15-33(42)30(18-32(28)41)34-5-2-6-38(47-34)52-23-27-8-7-25(14-31(27)40)29(19-43)22-45-21-24-4-3-11-44-20-24/h2-11,14-16,18-20,22H,12-13,17,21,23,43H2,1H3,(H,49,50)/b29-19+,45-22?. The fraction of sp³-hybridized carbons (Fsp3) is 0.154. The Bertz CT molecular complexity index is 2290. The van der Waals surface area contributed by atoms with Crippen molar-refractivity contribution < 1.29 is 32.5 Å². The van der Waals surface area contributed by atoms with Crippen LogP contribution in [0.3, 0.4) is 0 Å². The molecule has 0 saturated heterocycles. The van der Waals surface area contributed by atoms with Gasteiger partial charge < -0.3 is 24.9 Å². The molecule has 0 unspecified atom stereocenters. The van der Waals surface area contributed by atoms with Crippen LogP contribution in [0.4, 0.5) is 13.2 Å². The predicted octanol–water partition coefficient (Wildman–Crippen LogP) is 7.00. The molecule has 3 aromatic heterocycles. The molecule has 0 aliphatic rings. The van der Waals surface area contributed by atoms with Crippen LogP contribution in [0.1, 0.15) is 38.4 Å². The van der Waals surface area contributed by atoms with Crippen LogP contribution < -0.4 is 10.5 Å². The molecule has 0 aliphatic carbocycles. The molecule has 13 heteroatoms. The highest BCUT2D eigenvalue weighted by atomic mass is 19.1. The molecule has 0 aliphatic heterocycles. The first kappa shape index (κ1) is 35.5. The number of benzene rings is 3. The van der Waals surface area contributed by atoms with Crippen molar-refractivity contribution in [2.45, 2.75) is 26.1 Å². The molecular formula is C39H33F3N6O4. The quantitative estimate of drug-likeness (QED) is 0.116. The minimum Gasteiger partial charge on any atom is -0.478 e. The lowest BCUT2D eigenvalue weighted by Gasteiger charge is -2.12. The lowest BCUT2D eigenvalue weighted by molar-refractivity contribution is 0.0697. The van der Waals surface area contributed by atoms with E-state index in [4.69, 9.17) is 15.2 Å². The van der Waals surface area contributed by atoms with Crippen LogP contribution in [0.15, 0.2) is 102 Å². The van der Waals surface area contributed by atoms with Gasteiger partial charge in [-0.3, -0.25) is 9.98 Å². The second-order valence-electron chi connectivity index (χ2n) is 11.7. The maximum atomic E-state index is 15.6. The first-order valence-corrected chi connectivity index (χ1v) is 16.1. The van der Waals surface area contributed by atoms with Crippen molar-refractivity contribution in [1.29, 1.82) is 0 Å². The highest BCUT2D eigenvalue weighted by Crippen LogP contribution is 2.29. The molecule has 6 aromatic rings. The number of hydrogen-bond donors (Lipinski definition) is 2. The number of nitrogens with zero attached hydrogens (tertiary/aromatic N) is 5. The molecular weight excluding hydrogens is 673 g/mol. The average Bonchev–Trinajstić information content (AvgIpc) is 3.49. The number of carboxylic acids is 1. The number of ether oxygens (including phenoxy) is 2. The van der Waals surface area contributed by atoms with Crippen LogP contribution in [0.5, 0.6) is 5.88 Å². The fourth-order valence-corrected chi connectivity index (χ4v) is 5.56. The topological polar surface area (TPSA) is 138 Å². The van der Waals surface area contributed by atoms with Gasteiger partial charge in [0.15, 0.2) is 0 Å². The highest BCUT2D eigenvalue weighted by Gasteiger charge is 2.19. The van der Waals surface area contributed by atoms with Gasteiger partial charge in [0.25, 0.3) is 0 Å². The summed E-state index contributed by atoms with van der Waals surface area (Å²) in [5.74, 6) is -2.53. The van der Waals surface area contributed by atoms with E-state index >= 15 is 13.2 Å². The van der Waals surface area contributed by atoms with Gasteiger partial charge in [0.2, 0.25) is 5.88 Å². The van der Waals surface area contributed by atoms with Gasteiger partial charge >= 0.3 is 5.97 Å². The van der Waals surface area contributed by atoms with Gasteiger partial charge in [-0.25, -0.2) is 27.9 Å². The number of fused-ring (bicyclic) bond motifs is 1. The second kappa shape index (κ2) is 16.1. The average molecular weight is 707 g/mol. The van der Waals surface area contributed by atoms with Gasteiger partial charge in [-0.05, 0) is 65.2 Å². The van der Waals surface area contributed by atoms with Crippen molar-refractivity contribution in [3.05, 3.63) is 149 Å². The van der Waals surface area contributed by atoms with Gasteiger partial charge in [-0.1, -0.05) is 24.3 Å². The Kier molecular flexibility index (Phi) is 11.0. The Hall–Kier alpha value is -6.34. The Balaban J connectivity index is 1.16. The summed E-state index contributed by atoms with van der Waals surface area (Å²) in [5.41, 5.74) is 9.23. The number of methoxy groups -OCH3 is 1. The maximum Gasteiger partial charge on any atom is 0.335 e. The normalized spacial score (nSPS) is 11.8. The number of pyridine rings is 2. The second-order valence-corrected chi connectivity index (χ2v) is 11.7. The van der Waals surface area contributed by atoms with Crippen molar-refractivity contribution in [1.82, 2.24) is 19.5 Å². The molecule has 0 atom stereocenters. The highest BCUT2D eigenvalue weighted by molar-refractivity contribution is 6.09. The van der Waals surface area contributed by atoms with E-state index in [1.165, 1.54) is 43.6 Å². The Morgan fingerprint density at radius 1 is 0.942 bits per heavy atom. The van der Waals surface area contributed by atoms with E-state index in [0.717, 1.165) is 17.7 Å². The van der Waals surface area contributed by atoms with Gasteiger partial charge in [0.05, 0.1) is 35.4 Å². The van der Waals surface area contributed by atoms with E-state index in [-0.39, 0.29) is 46.9 Å². The summed E-state index contributed by atoms with van der Waals surface area (Å²) >= 11 is 0. The minimum atomic E-state index is -1.09. The van der Waals surface area contributed by atoms with E-state index < -0.39 is 23.4 Å². The van der Waals surface area contributed by atoms with Crippen molar-refractivity contribution in [3.8, 4) is 17.1 Å². The molecule has 52 heavy (non-hydrogen) atoms. The van der Waals surface area contributed by atoms with Gasteiger partial charge in [0.1, 0.15) is 29.9 Å². The van der Waals surface area contributed by atoms with Gasteiger partial charge in [-0.2, -0.15) is 0 Å². The summed E-state index contributed by atoms with van der Waals surface area (Å²) in [6, 6.07) is 19.6. The summed E-state index contributed by atoms with van der Waals surface area (Å²) in [4.78, 5) is 28.9. The fourth-order valence-electron chi connectivity index (χ4n) is 5.56. The number of aromatic carboxylic acids is 1. The molecule has 264 valence electrons. The zero-order chi connectivity index (χ0) is 36.6. The summed E-state index contributed by atoms with van der Waals surface area (Å²) in [7, 11) is 1.53. The van der Waals surface area contributed by atoms with Gasteiger partial charge in [-0.15, -0.1) is 0 Å². The SMILES string of the molecule is COCCn1c(Cc2cc(F)c(-c3cccc(OCc4ccc(/C(C=NCc5cccnc5)=C/N)cc4F)n3)cc2F)nc2ccc(C(=O)O)cc21. The van der Waals surface area contributed by atoms with Crippen LogP contribution >= 0.6 is 0 Å². The molecule has 0 fully saturated rings. The van der Waals surface area contributed by atoms with Crippen LogP contribution in [0.2, 0.25) is 0 Å². The molecule has 3 aromatic carbocycles. The predicted molar refractivity (Wildman–Crippen MR) is 190 cm³/mol. The monoisotopic (exact) mass is 706 g/mol. The third-order valence-corrected chi connectivity index (χ3v) is 8.25. The number of carboxylic acid groups (broad SMARTS) is 1. The number of carbonyl (C=O) groups is 1. The third kappa shape index (κ3) is 8.16. The Labute approximate surface area is 296 Å². The van der Waals surface area contributed by atoms with Crippen molar-refractivity contribution in [2.24, 2.45) is 10.7 Å². The van der Waals surface area contributed by atoms with E-state index in [1.807, 2.05) is 12.1 Å². The number of halogens is 3. The largest absolute Gasteiger partial charge is 0.478 e. The Morgan fingerprint density at radius 3 is 2.52 bits per heavy atom. The third-order valence-electron chi connectivity index (χ3n) is 8.25.